The molecule has 88 valence electrons. The van der Waals surface area contributed by atoms with Crippen LogP contribution in [-0.4, -0.2) is 11.1 Å². The predicted molar refractivity (Wildman–Crippen MR) is 71.7 cm³/mol. The first-order chi connectivity index (χ1) is 7.63. The Balaban J connectivity index is 2.49. The highest BCUT2D eigenvalue weighted by Crippen LogP contribution is 2.17. The van der Waals surface area contributed by atoms with E-state index in [9.17, 15) is 0 Å². The SMILES string of the molecule is CCC(CC(N)=S)OCc1ccccc1Cl. The van der Waals surface area contributed by atoms with Gasteiger partial charge in [0.25, 0.3) is 0 Å². The predicted octanol–water partition coefficient (Wildman–Crippen LogP) is 3.31. The summed E-state index contributed by atoms with van der Waals surface area (Å²) in [4.78, 5) is 0.492. The molecule has 0 amide bonds. The summed E-state index contributed by atoms with van der Waals surface area (Å²) in [5.74, 6) is 0. The first-order valence-electron chi connectivity index (χ1n) is 5.26. The fourth-order valence-electron chi connectivity index (χ4n) is 1.37. The summed E-state index contributed by atoms with van der Waals surface area (Å²) < 4.78 is 5.72. The Morgan fingerprint density at radius 3 is 2.75 bits per heavy atom. The topological polar surface area (TPSA) is 35.2 Å². The van der Waals surface area contributed by atoms with Gasteiger partial charge in [-0.3, -0.25) is 0 Å². The molecule has 16 heavy (non-hydrogen) atoms. The molecule has 0 heterocycles. The van der Waals surface area contributed by atoms with Gasteiger partial charge in [0, 0.05) is 11.4 Å². The molecule has 0 aliphatic rings. The standard InChI is InChI=1S/C12H16ClNOS/c1-2-10(7-12(14)16)15-8-9-5-3-4-6-11(9)13/h3-6,10H,2,7-8H2,1H3,(H2,14,16). The summed E-state index contributed by atoms with van der Waals surface area (Å²) in [6.07, 6.45) is 1.59. The Morgan fingerprint density at radius 1 is 1.50 bits per heavy atom. The van der Waals surface area contributed by atoms with Crippen molar-refractivity contribution >= 4 is 28.8 Å². The molecule has 0 bridgehead atoms. The fraction of sp³-hybridized carbons (Fsp3) is 0.417. The van der Waals surface area contributed by atoms with E-state index >= 15 is 0 Å². The summed E-state index contributed by atoms with van der Waals surface area (Å²) in [6, 6.07) is 7.65. The molecule has 0 aliphatic carbocycles. The second-order valence-corrected chi connectivity index (χ2v) is 4.53. The molecule has 1 aromatic carbocycles. The summed E-state index contributed by atoms with van der Waals surface area (Å²) >= 11 is 10.9. The Bertz CT molecular complexity index is 357. The van der Waals surface area contributed by atoms with E-state index in [4.69, 9.17) is 34.3 Å². The second-order valence-electron chi connectivity index (χ2n) is 3.60. The van der Waals surface area contributed by atoms with Gasteiger partial charge in [0.2, 0.25) is 0 Å². The van der Waals surface area contributed by atoms with Crippen molar-refractivity contribution in [3.63, 3.8) is 0 Å². The minimum absolute atomic E-state index is 0.0776. The molecule has 1 unspecified atom stereocenters. The minimum Gasteiger partial charge on any atom is -0.393 e. The highest BCUT2D eigenvalue weighted by Gasteiger charge is 2.09. The average Bonchev–Trinajstić information content (AvgIpc) is 2.25. The normalized spacial score (nSPS) is 12.4. The van der Waals surface area contributed by atoms with E-state index < -0.39 is 0 Å². The quantitative estimate of drug-likeness (QED) is 0.794. The molecule has 1 rings (SSSR count). The fourth-order valence-corrected chi connectivity index (χ4v) is 1.74. The molecule has 0 aromatic heterocycles. The van der Waals surface area contributed by atoms with Crippen LogP contribution in [0.2, 0.25) is 5.02 Å². The third kappa shape index (κ3) is 4.47. The van der Waals surface area contributed by atoms with Gasteiger partial charge in [0.1, 0.15) is 0 Å². The Kier molecular flexibility index (Phi) is 5.74. The van der Waals surface area contributed by atoms with Crippen molar-refractivity contribution in [2.45, 2.75) is 32.5 Å². The third-order valence-electron chi connectivity index (χ3n) is 2.32. The van der Waals surface area contributed by atoms with Crippen molar-refractivity contribution in [3.8, 4) is 0 Å². The zero-order chi connectivity index (χ0) is 12.0. The lowest BCUT2D eigenvalue weighted by Gasteiger charge is -2.15. The van der Waals surface area contributed by atoms with E-state index in [1.54, 1.807) is 0 Å². The maximum absolute atomic E-state index is 6.03. The Morgan fingerprint density at radius 2 is 2.19 bits per heavy atom. The van der Waals surface area contributed by atoms with Gasteiger partial charge in [0.05, 0.1) is 17.7 Å². The molecule has 1 atom stereocenters. The van der Waals surface area contributed by atoms with Crippen LogP contribution in [0.25, 0.3) is 0 Å². The molecule has 4 heteroatoms. The molecule has 0 fully saturated rings. The lowest BCUT2D eigenvalue weighted by molar-refractivity contribution is 0.0433. The first kappa shape index (κ1) is 13.4. The number of hydrogen-bond donors (Lipinski definition) is 1. The monoisotopic (exact) mass is 257 g/mol. The number of rotatable bonds is 6. The Labute approximate surface area is 107 Å². The van der Waals surface area contributed by atoms with Gasteiger partial charge in [0.15, 0.2) is 0 Å². The molecular formula is C12H16ClNOS. The van der Waals surface area contributed by atoms with Crippen LogP contribution < -0.4 is 5.73 Å². The highest BCUT2D eigenvalue weighted by atomic mass is 35.5. The van der Waals surface area contributed by atoms with Gasteiger partial charge in [-0.1, -0.05) is 48.9 Å². The summed E-state index contributed by atoms with van der Waals surface area (Å²) in [5, 5.41) is 0.729. The number of thiocarbonyl (C=S) groups is 1. The van der Waals surface area contributed by atoms with Crippen LogP contribution in [0.15, 0.2) is 24.3 Å². The van der Waals surface area contributed by atoms with Crippen LogP contribution in [-0.2, 0) is 11.3 Å². The van der Waals surface area contributed by atoms with Crippen LogP contribution in [0.4, 0.5) is 0 Å². The van der Waals surface area contributed by atoms with Crippen LogP contribution in [0, 0.1) is 0 Å². The van der Waals surface area contributed by atoms with Crippen LogP contribution in [0.3, 0.4) is 0 Å². The third-order valence-corrected chi connectivity index (χ3v) is 2.85. The smallest absolute Gasteiger partial charge is 0.0753 e. The zero-order valence-corrected chi connectivity index (χ0v) is 10.9. The lowest BCUT2D eigenvalue weighted by Crippen LogP contribution is -2.20. The van der Waals surface area contributed by atoms with Crippen molar-refractivity contribution in [1.82, 2.24) is 0 Å². The van der Waals surface area contributed by atoms with Crippen molar-refractivity contribution in [1.29, 1.82) is 0 Å². The molecule has 2 nitrogen and oxygen atoms in total. The molecular weight excluding hydrogens is 242 g/mol. The molecule has 1 aromatic rings. The van der Waals surface area contributed by atoms with Crippen molar-refractivity contribution < 1.29 is 4.74 Å². The molecule has 2 N–H and O–H groups in total. The highest BCUT2D eigenvalue weighted by molar-refractivity contribution is 7.80. The van der Waals surface area contributed by atoms with Gasteiger partial charge in [-0.15, -0.1) is 0 Å². The molecule has 0 saturated heterocycles. The van der Waals surface area contributed by atoms with E-state index in [0.29, 0.717) is 18.0 Å². The maximum atomic E-state index is 6.03. The zero-order valence-electron chi connectivity index (χ0n) is 9.28. The number of hydrogen-bond acceptors (Lipinski definition) is 2. The van der Waals surface area contributed by atoms with Gasteiger partial charge in [-0.2, -0.15) is 0 Å². The van der Waals surface area contributed by atoms with Gasteiger partial charge in [-0.05, 0) is 18.1 Å². The minimum atomic E-state index is 0.0776. The van der Waals surface area contributed by atoms with E-state index in [-0.39, 0.29) is 6.10 Å². The van der Waals surface area contributed by atoms with Crippen LogP contribution >= 0.6 is 23.8 Å². The number of nitrogens with two attached hydrogens (primary N) is 1. The van der Waals surface area contributed by atoms with Crippen molar-refractivity contribution in [3.05, 3.63) is 34.9 Å². The van der Waals surface area contributed by atoms with Crippen molar-refractivity contribution in [2.75, 3.05) is 0 Å². The summed E-state index contributed by atoms with van der Waals surface area (Å²) in [5.41, 5.74) is 6.48. The second kappa shape index (κ2) is 6.84. The van der Waals surface area contributed by atoms with E-state index in [1.807, 2.05) is 24.3 Å². The summed E-state index contributed by atoms with van der Waals surface area (Å²) in [7, 11) is 0. The van der Waals surface area contributed by atoms with Crippen LogP contribution in [0.5, 0.6) is 0 Å². The first-order valence-corrected chi connectivity index (χ1v) is 6.05. The number of ether oxygens (including phenoxy) is 1. The average molecular weight is 258 g/mol. The number of benzene rings is 1. The van der Waals surface area contributed by atoms with E-state index in [1.165, 1.54) is 0 Å². The Hall–Kier alpha value is -0.640. The van der Waals surface area contributed by atoms with Gasteiger partial charge >= 0.3 is 0 Å². The molecule has 0 radical (unpaired) electrons. The summed E-state index contributed by atoms with van der Waals surface area (Å²) in [6.45, 7) is 2.55. The molecule has 0 aliphatic heterocycles. The van der Waals surface area contributed by atoms with Crippen molar-refractivity contribution in [2.24, 2.45) is 5.73 Å². The lowest BCUT2D eigenvalue weighted by atomic mass is 10.2. The largest absolute Gasteiger partial charge is 0.393 e. The van der Waals surface area contributed by atoms with E-state index in [2.05, 4.69) is 6.92 Å². The van der Waals surface area contributed by atoms with E-state index in [0.717, 1.165) is 17.0 Å². The molecule has 0 spiro atoms. The van der Waals surface area contributed by atoms with Crippen LogP contribution in [0.1, 0.15) is 25.3 Å². The van der Waals surface area contributed by atoms with Gasteiger partial charge in [-0.25, -0.2) is 0 Å². The number of halogens is 1. The maximum Gasteiger partial charge on any atom is 0.0753 e. The van der Waals surface area contributed by atoms with Gasteiger partial charge < -0.3 is 10.5 Å². The molecule has 0 saturated carbocycles.